The summed E-state index contributed by atoms with van der Waals surface area (Å²) in [6.45, 7) is 6.74. The Hall–Kier alpha value is -1.29. The minimum Gasteiger partial charge on any atom is -0.476 e. The summed E-state index contributed by atoms with van der Waals surface area (Å²) in [5.41, 5.74) is 7.45. The monoisotopic (exact) mass is 223 g/mol. The number of ether oxygens (including phenoxy) is 1. The number of rotatable bonds is 4. The third-order valence-corrected chi connectivity index (χ3v) is 2.90. The molecule has 0 unspecified atom stereocenters. The number of hydrogen-bond donors (Lipinski definition) is 1. The van der Waals surface area contributed by atoms with E-state index in [0.29, 0.717) is 18.2 Å². The fourth-order valence-electron chi connectivity index (χ4n) is 0.978. The highest BCUT2D eigenvalue weighted by molar-refractivity contribution is 5.47. The summed E-state index contributed by atoms with van der Waals surface area (Å²) >= 11 is 0. The third-order valence-electron chi connectivity index (χ3n) is 2.90. The van der Waals surface area contributed by atoms with Crippen molar-refractivity contribution in [3.63, 3.8) is 0 Å². The zero-order chi connectivity index (χ0) is 12.3. The van der Waals surface area contributed by atoms with Gasteiger partial charge in [-0.15, -0.1) is 0 Å². The number of aryl methyl sites for hydroxylation is 1. The Labute approximate surface area is 97.4 Å². The first-order chi connectivity index (χ1) is 7.33. The lowest BCUT2D eigenvalue weighted by atomic mass is 10.1. The van der Waals surface area contributed by atoms with Gasteiger partial charge in [-0.3, -0.25) is 0 Å². The molecule has 1 aromatic heterocycles. The Balaban J connectivity index is 2.65. The summed E-state index contributed by atoms with van der Waals surface area (Å²) in [4.78, 5) is 6.30. The summed E-state index contributed by atoms with van der Waals surface area (Å²) in [6.07, 6.45) is 1.73. The molecule has 0 aliphatic carbocycles. The van der Waals surface area contributed by atoms with Crippen molar-refractivity contribution in [2.75, 3.05) is 26.4 Å². The number of hydrogen-bond acceptors (Lipinski definition) is 4. The van der Waals surface area contributed by atoms with E-state index in [1.54, 1.807) is 12.3 Å². The van der Waals surface area contributed by atoms with E-state index in [-0.39, 0.29) is 5.54 Å². The van der Waals surface area contributed by atoms with E-state index >= 15 is 0 Å². The van der Waals surface area contributed by atoms with Gasteiger partial charge in [-0.1, -0.05) is 0 Å². The molecule has 4 nitrogen and oxygen atoms in total. The fraction of sp³-hybridized carbons (Fsp3) is 0.583. The minimum atomic E-state index is -0.0265. The highest BCUT2D eigenvalue weighted by Gasteiger charge is 2.21. The standard InChI is InChI=1S/C12H21N3O/c1-9-7-14-11(6-10(9)13)16-8-12(2,3)15(4)5/h6-7H,8H2,1-5H3,(H2,13,14). The molecule has 0 bridgehead atoms. The lowest BCUT2D eigenvalue weighted by molar-refractivity contribution is 0.111. The molecule has 0 fully saturated rings. The molecule has 0 amide bonds. The van der Waals surface area contributed by atoms with Gasteiger partial charge in [0.05, 0.1) is 0 Å². The lowest BCUT2D eigenvalue weighted by Gasteiger charge is -2.31. The average molecular weight is 223 g/mol. The Bertz CT molecular complexity index is 361. The van der Waals surface area contributed by atoms with Gasteiger partial charge in [0.25, 0.3) is 0 Å². The maximum Gasteiger partial charge on any atom is 0.215 e. The van der Waals surface area contributed by atoms with Gasteiger partial charge in [-0.25, -0.2) is 4.98 Å². The van der Waals surface area contributed by atoms with Crippen LogP contribution in [0.3, 0.4) is 0 Å². The maximum absolute atomic E-state index is 5.79. The van der Waals surface area contributed by atoms with Crippen LogP contribution in [0, 0.1) is 6.92 Å². The lowest BCUT2D eigenvalue weighted by Crippen LogP contribution is -2.43. The molecule has 0 atom stereocenters. The summed E-state index contributed by atoms with van der Waals surface area (Å²) in [5, 5.41) is 0. The normalized spacial score (nSPS) is 11.9. The zero-order valence-corrected chi connectivity index (χ0v) is 10.7. The topological polar surface area (TPSA) is 51.4 Å². The summed E-state index contributed by atoms with van der Waals surface area (Å²) in [7, 11) is 4.06. The van der Waals surface area contributed by atoms with Crippen LogP contribution >= 0.6 is 0 Å². The third kappa shape index (κ3) is 3.10. The molecule has 0 aliphatic heterocycles. The van der Waals surface area contributed by atoms with Crippen molar-refractivity contribution in [1.82, 2.24) is 9.88 Å². The number of nitrogen functional groups attached to an aromatic ring is 1. The SMILES string of the molecule is Cc1cnc(OCC(C)(C)N(C)C)cc1N. The van der Waals surface area contributed by atoms with Crippen molar-refractivity contribution in [2.45, 2.75) is 26.3 Å². The number of aromatic nitrogens is 1. The van der Waals surface area contributed by atoms with Crippen LogP contribution in [0.25, 0.3) is 0 Å². The molecule has 1 rings (SSSR count). The second-order valence-electron chi connectivity index (χ2n) is 4.87. The summed E-state index contributed by atoms with van der Waals surface area (Å²) in [5.74, 6) is 0.582. The fourth-order valence-corrected chi connectivity index (χ4v) is 0.978. The van der Waals surface area contributed by atoms with Gasteiger partial charge in [-0.2, -0.15) is 0 Å². The molecule has 1 aromatic rings. The first-order valence-corrected chi connectivity index (χ1v) is 5.35. The van der Waals surface area contributed by atoms with Crippen molar-refractivity contribution in [3.05, 3.63) is 17.8 Å². The smallest absolute Gasteiger partial charge is 0.215 e. The van der Waals surface area contributed by atoms with E-state index in [1.165, 1.54) is 0 Å². The molecule has 2 N–H and O–H groups in total. The van der Waals surface area contributed by atoms with E-state index in [0.717, 1.165) is 5.56 Å². The largest absolute Gasteiger partial charge is 0.476 e. The Morgan fingerprint density at radius 1 is 1.44 bits per heavy atom. The quantitative estimate of drug-likeness (QED) is 0.844. The molecule has 0 radical (unpaired) electrons. The second-order valence-corrected chi connectivity index (χ2v) is 4.87. The highest BCUT2D eigenvalue weighted by Crippen LogP contribution is 2.18. The molecule has 1 heterocycles. The van der Waals surface area contributed by atoms with Crippen LogP contribution in [0.1, 0.15) is 19.4 Å². The van der Waals surface area contributed by atoms with Crippen LogP contribution in [0.2, 0.25) is 0 Å². The van der Waals surface area contributed by atoms with E-state index in [4.69, 9.17) is 10.5 Å². The van der Waals surface area contributed by atoms with Gasteiger partial charge >= 0.3 is 0 Å². The number of nitrogens with two attached hydrogens (primary N) is 1. The van der Waals surface area contributed by atoms with Crippen LogP contribution in [0.5, 0.6) is 5.88 Å². The zero-order valence-electron chi connectivity index (χ0n) is 10.7. The number of pyridine rings is 1. The van der Waals surface area contributed by atoms with E-state index in [1.807, 2.05) is 21.0 Å². The minimum absolute atomic E-state index is 0.0265. The van der Waals surface area contributed by atoms with Crippen molar-refractivity contribution >= 4 is 5.69 Å². The maximum atomic E-state index is 5.79. The van der Waals surface area contributed by atoms with Gasteiger partial charge in [-0.05, 0) is 40.4 Å². The van der Waals surface area contributed by atoms with E-state index in [2.05, 4.69) is 23.7 Å². The van der Waals surface area contributed by atoms with Gasteiger partial charge in [0, 0.05) is 23.5 Å². The van der Waals surface area contributed by atoms with E-state index < -0.39 is 0 Å². The van der Waals surface area contributed by atoms with Gasteiger partial charge in [0.15, 0.2) is 0 Å². The Morgan fingerprint density at radius 2 is 2.06 bits per heavy atom. The molecule has 0 spiro atoms. The molecular weight excluding hydrogens is 202 g/mol. The molecule has 16 heavy (non-hydrogen) atoms. The first kappa shape index (κ1) is 12.8. The molecule has 0 aromatic carbocycles. The summed E-state index contributed by atoms with van der Waals surface area (Å²) < 4.78 is 5.64. The van der Waals surface area contributed by atoms with Crippen LogP contribution < -0.4 is 10.5 Å². The van der Waals surface area contributed by atoms with E-state index in [9.17, 15) is 0 Å². The predicted molar refractivity (Wildman–Crippen MR) is 66.6 cm³/mol. The van der Waals surface area contributed by atoms with Crippen molar-refractivity contribution in [2.24, 2.45) is 0 Å². The molecule has 4 heteroatoms. The van der Waals surface area contributed by atoms with Crippen molar-refractivity contribution < 1.29 is 4.74 Å². The molecular formula is C12H21N3O. The second kappa shape index (κ2) is 4.70. The van der Waals surface area contributed by atoms with Crippen LogP contribution in [-0.2, 0) is 0 Å². The summed E-state index contributed by atoms with van der Waals surface area (Å²) in [6, 6.07) is 1.76. The van der Waals surface area contributed by atoms with Gasteiger partial charge in [0.2, 0.25) is 5.88 Å². The number of anilines is 1. The van der Waals surface area contributed by atoms with Crippen LogP contribution in [0.4, 0.5) is 5.69 Å². The van der Waals surface area contributed by atoms with Crippen molar-refractivity contribution in [3.8, 4) is 5.88 Å². The van der Waals surface area contributed by atoms with Crippen LogP contribution in [-0.4, -0.2) is 36.1 Å². The molecule has 0 saturated heterocycles. The number of likely N-dealkylation sites (N-methyl/N-ethyl adjacent to an activating group) is 1. The van der Waals surface area contributed by atoms with Crippen molar-refractivity contribution in [1.29, 1.82) is 0 Å². The predicted octanol–water partition coefficient (Wildman–Crippen LogP) is 1.69. The first-order valence-electron chi connectivity index (χ1n) is 5.35. The van der Waals surface area contributed by atoms with Crippen LogP contribution in [0.15, 0.2) is 12.3 Å². The number of nitrogens with zero attached hydrogens (tertiary/aromatic N) is 2. The molecule has 0 saturated carbocycles. The van der Waals surface area contributed by atoms with Gasteiger partial charge < -0.3 is 15.4 Å². The Kier molecular flexibility index (Phi) is 3.75. The van der Waals surface area contributed by atoms with Gasteiger partial charge in [0.1, 0.15) is 6.61 Å². The Morgan fingerprint density at radius 3 is 2.56 bits per heavy atom. The highest BCUT2D eigenvalue weighted by atomic mass is 16.5. The molecule has 90 valence electrons. The molecule has 0 aliphatic rings. The average Bonchev–Trinajstić information content (AvgIpc) is 2.20.